The predicted octanol–water partition coefficient (Wildman–Crippen LogP) is 1.06. The summed E-state index contributed by atoms with van der Waals surface area (Å²) < 4.78 is 16.1. The number of fused-ring (bicyclic) bond motifs is 2. The Balaban J connectivity index is 1.98. The van der Waals surface area contributed by atoms with Crippen molar-refractivity contribution in [3.63, 3.8) is 0 Å². The topological polar surface area (TPSA) is 85.4 Å². The van der Waals surface area contributed by atoms with Crippen molar-refractivity contribution < 1.29 is 28.9 Å². The van der Waals surface area contributed by atoms with Crippen LogP contribution >= 0.6 is 0 Å². The lowest BCUT2D eigenvalue weighted by Crippen LogP contribution is -2.48. The highest BCUT2D eigenvalue weighted by atomic mass is 16.8. The Morgan fingerprint density at radius 3 is 2.81 bits per heavy atom. The molecule has 6 nitrogen and oxygen atoms in total. The molecule has 21 heavy (non-hydrogen) atoms. The third kappa shape index (κ3) is 1.79. The Bertz CT molecular complexity index is 598. The molecule has 112 valence electrons. The van der Waals surface area contributed by atoms with E-state index >= 15 is 0 Å². The van der Waals surface area contributed by atoms with Crippen LogP contribution < -0.4 is 4.74 Å². The number of hydrogen-bond acceptors (Lipinski definition) is 6. The van der Waals surface area contributed by atoms with Crippen LogP contribution in [-0.2, 0) is 14.3 Å². The van der Waals surface area contributed by atoms with Crippen LogP contribution in [0, 0.1) is 0 Å². The highest BCUT2D eigenvalue weighted by Crippen LogP contribution is 2.58. The third-order valence-electron chi connectivity index (χ3n) is 3.93. The lowest BCUT2D eigenvalue weighted by molar-refractivity contribution is -0.145. The number of rotatable bonds is 5. The molecular formula is C15H16O6. The number of methoxy groups -OCH3 is 1. The van der Waals surface area contributed by atoms with Gasteiger partial charge in [0, 0.05) is 13.0 Å². The van der Waals surface area contributed by atoms with E-state index in [1.807, 2.05) is 0 Å². The number of benzene rings is 1. The summed E-state index contributed by atoms with van der Waals surface area (Å²) in [6.45, 7) is 0.0336. The van der Waals surface area contributed by atoms with Gasteiger partial charge in [0.05, 0.1) is 12.7 Å². The Morgan fingerprint density at radius 1 is 1.33 bits per heavy atom. The molecule has 1 N–H and O–H groups in total. The number of aliphatic hydroxyl groups excluding tert-OH is 1. The van der Waals surface area contributed by atoms with Gasteiger partial charge in [-0.3, -0.25) is 4.79 Å². The molecule has 0 aliphatic carbocycles. The molecule has 0 unspecified atom stereocenters. The average molecular weight is 292 g/mol. The van der Waals surface area contributed by atoms with Crippen LogP contribution in [0.4, 0.5) is 0 Å². The van der Waals surface area contributed by atoms with Crippen LogP contribution in [0.2, 0.25) is 0 Å². The number of carbonyl (C=O) groups excluding carboxylic acids is 2. The summed E-state index contributed by atoms with van der Waals surface area (Å²) in [5, 5.41) is 8.88. The molecule has 2 heterocycles. The maximum absolute atomic E-state index is 12.7. The van der Waals surface area contributed by atoms with Gasteiger partial charge in [0.2, 0.25) is 5.78 Å². The predicted molar refractivity (Wildman–Crippen MR) is 70.9 cm³/mol. The van der Waals surface area contributed by atoms with Gasteiger partial charge in [-0.25, -0.2) is 4.79 Å². The number of hydrogen-bond donors (Lipinski definition) is 1. The summed E-state index contributed by atoms with van der Waals surface area (Å²) >= 11 is 0. The molecule has 6 heteroatoms. The van der Waals surface area contributed by atoms with E-state index < -0.39 is 23.1 Å². The molecule has 1 fully saturated rings. The van der Waals surface area contributed by atoms with Gasteiger partial charge in [-0.2, -0.15) is 0 Å². The van der Waals surface area contributed by atoms with Gasteiger partial charge in [0.25, 0.3) is 11.4 Å². The first kappa shape index (κ1) is 14.0. The van der Waals surface area contributed by atoms with E-state index in [0.29, 0.717) is 30.6 Å². The Hall–Kier alpha value is -1.92. The van der Waals surface area contributed by atoms with Crippen molar-refractivity contribution in [3.8, 4) is 5.75 Å². The second-order valence-corrected chi connectivity index (χ2v) is 5.14. The van der Waals surface area contributed by atoms with Crippen molar-refractivity contribution in [2.45, 2.75) is 30.7 Å². The number of esters is 1. The molecule has 2 aliphatic rings. The van der Waals surface area contributed by atoms with Gasteiger partial charge in [-0.15, -0.1) is 0 Å². The second-order valence-electron chi connectivity index (χ2n) is 5.14. The number of ether oxygens (including phenoxy) is 3. The maximum Gasteiger partial charge on any atom is 0.353 e. The minimum absolute atomic E-state index is 0.0336. The number of aliphatic hydroxyl groups is 1. The Kier molecular flexibility index (Phi) is 3.22. The van der Waals surface area contributed by atoms with Gasteiger partial charge in [-0.05, 0) is 25.0 Å². The van der Waals surface area contributed by atoms with Crippen molar-refractivity contribution in [3.05, 3.63) is 29.8 Å². The van der Waals surface area contributed by atoms with Crippen molar-refractivity contribution in [2.24, 2.45) is 0 Å². The molecule has 3 rings (SSSR count). The zero-order chi connectivity index (χ0) is 15.1. The van der Waals surface area contributed by atoms with Crippen molar-refractivity contribution >= 4 is 11.8 Å². The molecule has 1 aromatic rings. The molecule has 1 saturated heterocycles. The minimum atomic E-state index is -1.70. The van der Waals surface area contributed by atoms with Crippen LogP contribution in [0.25, 0.3) is 0 Å². The highest BCUT2D eigenvalue weighted by Gasteiger charge is 2.84. The first-order valence-corrected chi connectivity index (χ1v) is 6.83. The molecule has 0 aromatic heterocycles. The fraction of sp³-hybridized carbons (Fsp3) is 0.467. The molecule has 0 saturated carbocycles. The van der Waals surface area contributed by atoms with Crippen molar-refractivity contribution in [1.82, 2.24) is 0 Å². The van der Waals surface area contributed by atoms with Gasteiger partial charge in [-0.1, -0.05) is 12.1 Å². The monoisotopic (exact) mass is 292 g/mol. The van der Waals surface area contributed by atoms with Gasteiger partial charge >= 0.3 is 5.97 Å². The number of Topliss-reactive ketones (excluding diaryl/α,β-unsaturated/α-hetero) is 1. The molecule has 2 atom stereocenters. The third-order valence-corrected chi connectivity index (χ3v) is 3.93. The van der Waals surface area contributed by atoms with E-state index in [1.165, 1.54) is 7.11 Å². The maximum atomic E-state index is 12.7. The summed E-state index contributed by atoms with van der Waals surface area (Å²) in [6, 6.07) is 6.72. The molecule has 0 bridgehead atoms. The van der Waals surface area contributed by atoms with Gasteiger partial charge in [0.1, 0.15) is 5.75 Å². The Morgan fingerprint density at radius 2 is 2.10 bits per heavy atom. The molecule has 1 aromatic carbocycles. The minimum Gasteiger partial charge on any atom is -0.466 e. The number of carbonyl (C=O) groups is 2. The van der Waals surface area contributed by atoms with Gasteiger partial charge in [0.15, 0.2) is 0 Å². The number of para-hydroxylation sites is 1. The Labute approximate surface area is 121 Å². The van der Waals surface area contributed by atoms with Gasteiger partial charge < -0.3 is 19.3 Å². The van der Waals surface area contributed by atoms with E-state index in [0.717, 1.165) is 0 Å². The molecule has 2 aliphatic heterocycles. The molecule has 0 spiro atoms. The smallest absolute Gasteiger partial charge is 0.353 e. The summed E-state index contributed by atoms with van der Waals surface area (Å²) in [7, 11) is 1.21. The van der Waals surface area contributed by atoms with E-state index in [2.05, 4.69) is 0 Å². The lowest BCUT2D eigenvalue weighted by Gasteiger charge is -2.25. The van der Waals surface area contributed by atoms with Crippen LogP contribution in [0.3, 0.4) is 0 Å². The number of ketones is 1. The van der Waals surface area contributed by atoms with E-state index in [9.17, 15) is 9.59 Å². The standard InChI is InChI=1S/C15H16O6/c1-19-13(18)15-12(17)10-6-2-3-7-11(10)20-14(15,21-15)8-4-5-9-16/h2-3,6-7,16H,4-5,8-9H2,1H3/t14-,15+/m0/s1. The fourth-order valence-corrected chi connectivity index (χ4v) is 2.83. The summed E-state index contributed by atoms with van der Waals surface area (Å²) in [5.41, 5.74) is -1.39. The zero-order valence-corrected chi connectivity index (χ0v) is 11.6. The molecule has 0 radical (unpaired) electrons. The largest absolute Gasteiger partial charge is 0.466 e. The molecule has 0 amide bonds. The normalized spacial score (nSPS) is 29.1. The summed E-state index contributed by atoms with van der Waals surface area (Å²) in [6.07, 6.45) is 1.45. The van der Waals surface area contributed by atoms with Crippen LogP contribution in [0.5, 0.6) is 5.75 Å². The number of epoxide rings is 1. The lowest BCUT2D eigenvalue weighted by atomic mass is 9.86. The first-order chi connectivity index (χ1) is 10.1. The van der Waals surface area contributed by atoms with E-state index in [1.54, 1.807) is 24.3 Å². The second kappa shape index (κ2) is 4.82. The number of unbranched alkanes of at least 4 members (excludes halogenated alkanes) is 1. The van der Waals surface area contributed by atoms with Crippen LogP contribution in [0.1, 0.15) is 29.6 Å². The fourth-order valence-electron chi connectivity index (χ4n) is 2.83. The first-order valence-electron chi connectivity index (χ1n) is 6.83. The van der Waals surface area contributed by atoms with E-state index in [4.69, 9.17) is 19.3 Å². The average Bonchev–Trinajstić information content (AvgIpc) is 3.17. The van der Waals surface area contributed by atoms with Crippen molar-refractivity contribution in [1.29, 1.82) is 0 Å². The van der Waals surface area contributed by atoms with E-state index in [-0.39, 0.29) is 6.61 Å². The van der Waals surface area contributed by atoms with Crippen LogP contribution in [-0.4, -0.2) is 42.0 Å². The summed E-state index contributed by atoms with van der Waals surface area (Å²) in [5.74, 6) is -2.07. The van der Waals surface area contributed by atoms with Crippen LogP contribution in [0.15, 0.2) is 24.3 Å². The zero-order valence-electron chi connectivity index (χ0n) is 11.6. The SMILES string of the molecule is COC(=O)[C@@]12O[C@]1(CCCCO)Oc1ccccc1C2=O. The highest BCUT2D eigenvalue weighted by molar-refractivity contribution is 6.21. The quantitative estimate of drug-likeness (QED) is 0.378. The van der Waals surface area contributed by atoms with Crippen molar-refractivity contribution in [2.75, 3.05) is 13.7 Å². The molecular weight excluding hydrogens is 276 g/mol. The summed E-state index contributed by atoms with van der Waals surface area (Å²) in [4.78, 5) is 24.8.